The highest BCUT2D eigenvalue weighted by molar-refractivity contribution is 6.29. The maximum absolute atomic E-state index is 9.81. The quantitative estimate of drug-likeness (QED) is 0.564. The summed E-state index contributed by atoms with van der Waals surface area (Å²) in [6.45, 7) is 1.95. The van der Waals surface area contributed by atoms with E-state index in [1.807, 2.05) is 25.1 Å². The van der Waals surface area contributed by atoms with Crippen LogP contribution in [-0.2, 0) is 4.74 Å². The van der Waals surface area contributed by atoms with E-state index in [1.165, 1.54) is 13.4 Å². The van der Waals surface area contributed by atoms with Crippen LogP contribution in [0.25, 0.3) is 11.0 Å². The topological polar surface area (TPSA) is 80.2 Å². The van der Waals surface area contributed by atoms with E-state index in [0.717, 1.165) is 11.3 Å². The standard InChI is InChI=1S/C16H15ClN4O2/c1-9-3-4-10(16(22)23-2)7-12(9)20-15-14-11(18-8-19-15)5-6-13(17)21-14/h3-8,16,22H,1-2H3,(H,18,19,20). The van der Waals surface area contributed by atoms with Crippen LogP contribution in [0.3, 0.4) is 0 Å². The van der Waals surface area contributed by atoms with Gasteiger partial charge in [0.2, 0.25) is 0 Å². The highest BCUT2D eigenvalue weighted by Gasteiger charge is 2.11. The Hall–Kier alpha value is -2.28. The van der Waals surface area contributed by atoms with E-state index in [1.54, 1.807) is 12.1 Å². The maximum Gasteiger partial charge on any atom is 0.180 e. The number of aromatic nitrogens is 3. The van der Waals surface area contributed by atoms with Gasteiger partial charge in [0, 0.05) is 18.4 Å². The SMILES string of the molecule is COC(O)c1ccc(C)c(Nc2ncnc3ccc(Cl)nc23)c1. The van der Waals surface area contributed by atoms with Gasteiger partial charge < -0.3 is 15.2 Å². The lowest BCUT2D eigenvalue weighted by Crippen LogP contribution is -2.03. The molecule has 2 aromatic heterocycles. The number of pyridine rings is 1. The predicted molar refractivity (Wildman–Crippen MR) is 88.8 cm³/mol. The van der Waals surface area contributed by atoms with Crippen LogP contribution in [0.15, 0.2) is 36.7 Å². The number of hydrogen-bond acceptors (Lipinski definition) is 6. The van der Waals surface area contributed by atoms with Gasteiger partial charge in [0.15, 0.2) is 12.1 Å². The molecule has 0 saturated carbocycles. The summed E-state index contributed by atoms with van der Waals surface area (Å²) in [4.78, 5) is 12.7. The molecular weight excluding hydrogens is 316 g/mol. The van der Waals surface area contributed by atoms with Gasteiger partial charge in [-0.1, -0.05) is 23.7 Å². The zero-order chi connectivity index (χ0) is 16.4. The Morgan fingerprint density at radius 1 is 1.22 bits per heavy atom. The van der Waals surface area contributed by atoms with Gasteiger partial charge in [0.1, 0.15) is 17.0 Å². The molecule has 1 unspecified atom stereocenters. The molecule has 0 aliphatic carbocycles. The van der Waals surface area contributed by atoms with Crippen LogP contribution in [0.1, 0.15) is 17.4 Å². The summed E-state index contributed by atoms with van der Waals surface area (Å²) in [5, 5.41) is 13.4. The number of halogens is 1. The summed E-state index contributed by atoms with van der Waals surface area (Å²) in [6, 6.07) is 8.98. The molecule has 0 amide bonds. The highest BCUT2D eigenvalue weighted by atomic mass is 35.5. The molecule has 2 N–H and O–H groups in total. The van der Waals surface area contributed by atoms with Crippen molar-refractivity contribution >= 4 is 34.1 Å². The van der Waals surface area contributed by atoms with Gasteiger partial charge in [-0.2, -0.15) is 0 Å². The van der Waals surface area contributed by atoms with Crippen molar-refractivity contribution in [1.29, 1.82) is 0 Å². The van der Waals surface area contributed by atoms with Gasteiger partial charge in [-0.25, -0.2) is 15.0 Å². The fourth-order valence-electron chi connectivity index (χ4n) is 2.20. The second-order valence-electron chi connectivity index (χ2n) is 5.01. The number of rotatable bonds is 4. The van der Waals surface area contributed by atoms with Gasteiger partial charge >= 0.3 is 0 Å². The van der Waals surface area contributed by atoms with Crippen LogP contribution in [0.5, 0.6) is 0 Å². The molecule has 0 saturated heterocycles. The molecule has 1 aromatic carbocycles. The predicted octanol–water partition coefficient (Wildman–Crippen LogP) is 3.37. The first kappa shape index (κ1) is 15.6. The second kappa shape index (κ2) is 6.45. The molecule has 3 rings (SSSR count). The fourth-order valence-corrected chi connectivity index (χ4v) is 2.35. The van der Waals surface area contributed by atoms with E-state index < -0.39 is 6.29 Å². The summed E-state index contributed by atoms with van der Waals surface area (Å²) in [6.07, 6.45) is 0.481. The van der Waals surface area contributed by atoms with E-state index in [2.05, 4.69) is 20.3 Å². The van der Waals surface area contributed by atoms with Crippen LogP contribution in [0.2, 0.25) is 5.15 Å². The molecule has 0 fully saturated rings. The molecule has 0 aliphatic heterocycles. The maximum atomic E-state index is 9.81. The van der Waals surface area contributed by atoms with Crippen molar-refractivity contribution in [3.63, 3.8) is 0 Å². The number of nitrogens with zero attached hydrogens (tertiary/aromatic N) is 3. The van der Waals surface area contributed by atoms with Crippen molar-refractivity contribution in [2.24, 2.45) is 0 Å². The molecule has 0 radical (unpaired) electrons. The molecule has 23 heavy (non-hydrogen) atoms. The van der Waals surface area contributed by atoms with Crippen LogP contribution in [-0.4, -0.2) is 27.2 Å². The smallest absolute Gasteiger partial charge is 0.180 e. The average molecular weight is 331 g/mol. The molecule has 0 spiro atoms. The van der Waals surface area contributed by atoms with Crippen molar-refractivity contribution in [3.05, 3.63) is 52.9 Å². The Kier molecular flexibility index (Phi) is 4.38. The van der Waals surface area contributed by atoms with Gasteiger partial charge in [0.25, 0.3) is 0 Å². The molecule has 0 bridgehead atoms. The molecular formula is C16H15ClN4O2. The first-order chi connectivity index (χ1) is 11.1. The Morgan fingerprint density at radius 3 is 2.83 bits per heavy atom. The Bertz CT molecular complexity index is 857. The molecule has 6 nitrogen and oxygen atoms in total. The summed E-state index contributed by atoms with van der Waals surface area (Å²) < 4.78 is 4.94. The average Bonchev–Trinajstić information content (AvgIpc) is 2.56. The molecule has 1 atom stereocenters. The Labute approximate surface area is 138 Å². The highest BCUT2D eigenvalue weighted by Crippen LogP contribution is 2.27. The largest absolute Gasteiger partial charge is 0.364 e. The summed E-state index contributed by atoms with van der Waals surface area (Å²) >= 11 is 5.97. The zero-order valence-corrected chi connectivity index (χ0v) is 13.4. The van der Waals surface area contributed by atoms with Crippen molar-refractivity contribution in [3.8, 4) is 0 Å². The van der Waals surface area contributed by atoms with Gasteiger partial charge in [-0.05, 0) is 30.7 Å². The lowest BCUT2D eigenvalue weighted by atomic mass is 10.1. The first-order valence-corrected chi connectivity index (χ1v) is 7.32. The number of benzene rings is 1. The van der Waals surface area contributed by atoms with Crippen LogP contribution in [0, 0.1) is 6.92 Å². The summed E-state index contributed by atoms with van der Waals surface area (Å²) in [7, 11) is 1.45. The summed E-state index contributed by atoms with van der Waals surface area (Å²) in [5.41, 5.74) is 3.70. The molecule has 0 aliphatic rings. The van der Waals surface area contributed by atoms with E-state index >= 15 is 0 Å². The number of hydrogen-bond donors (Lipinski definition) is 2. The van der Waals surface area contributed by atoms with Crippen LogP contribution < -0.4 is 5.32 Å². The zero-order valence-electron chi connectivity index (χ0n) is 12.6. The van der Waals surface area contributed by atoms with Crippen molar-refractivity contribution in [1.82, 2.24) is 15.0 Å². The summed E-state index contributed by atoms with van der Waals surface area (Å²) in [5.74, 6) is 0.546. The first-order valence-electron chi connectivity index (χ1n) is 6.94. The fraction of sp³-hybridized carbons (Fsp3) is 0.188. The van der Waals surface area contributed by atoms with Gasteiger partial charge in [-0.15, -0.1) is 0 Å². The number of methoxy groups -OCH3 is 1. The Balaban J connectivity index is 2.04. The number of fused-ring (bicyclic) bond motifs is 1. The molecule has 3 aromatic rings. The Morgan fingerprint density at radius 2 is 2.04 bits per heavy atom. The number of aryl methyl sites for hydroxylation is 1. The minimum Gasteiger partial charge on any atom is -0.364 e. The third-order valence-electron chi connectivity index (χ3n) is 3.47. The number of nitrogens with one attached hydrogen (secondary N) is 1. The number of ether oxygens (including phenoxy) is 1. The minimum atomic E-state index is -0.981. The van der Waals surface area contributed by atoms with Gasteiger partial charge in [-0.3, -0.25) is 0 Å². The molecule has 118 valence electrons. The number of aliphatic hydroxyl groups excluding tert-OH is 1. The van der Waals surface area contributed by atoms with E-state index in [4.69, 9.17) is 16.3 Å². The van der Waals surface area contributed by atoms with Crippen molar-refractivity contribution < 1.29 is 9.84 Å². The van der Waals surface area contributed by atoms with Gasteiger partial charge in [0.05, 0.1) is 5.52 Å². The second-order valence-corrected chi connectivity index (χ2v) is 5.40. The third kappa shape index (κ3) is 3.24. The number of aliphatic hydroxyl groups is 1. The van der Waals surface area contributed by atoms with E-state index in [9.17, 15) is 5.11 Å². The minimum absolute atomic E-state index is 0.371. The van der Waals surface area contributed by atoms with Crippen LogP contribution >= 0.6 is 11.6 Å². The van der Waals surface area contributed by atoms with Crippen LogP contribution in [0.4, 0.5) is 11.5 Å². The van der Waals surface area contributed by atoms with Crippen molar-refractivity contribution in [2.75, 3.05) is 12.4 Å². The van der Waals surface area contributed by atoms with E-state index in [-0.39, 0.29) is 0 Å². The monoisotopic (exact) mass is 330 g/mol. The molecule has 2 heterocycles. The lowest BCUT2D eigenvalue weighted by molar-refractivity contribution is -0.0769. The van der Waals surface area contributed by atoms with E-state index in [0.29, 0.717) is 27.6 Å². The van der Waals surface area contributed by atoms with Crippen molar-refractivity contribution in [2.45, 2.75) is 13.2 Å². The lowest BCUT2D eigenvalue weighted by Gasteiger charge is -2.14. The normalized spacial score (nSPS) is 12.3. The third-order valence-corrected chi connectivity index (χ3v) is 3.68. The molecule has 7 heteroatoms. The number of anilines is 2.